The summed E-state index contributed by atoms with van der Waals surface area (Å²) in [6.07, 6.45) is 6.39. The van der Waals surface area contributed by atoms with E-state index < -0.39 is 8.07 Å². The Hall–Kier alpha value is -0.243. The third kappa shape index (κ3) is 8.36. The molecule has 0 saturated carbocycles. The van der Waals surface area contributed by atoms with E-state index in [0.717, 1.165) is 6.42 Å². The van der Waals surface area contributed by atoms with Gasteiger partial charge in [-0.2, -0.15) is 0 Å². The van der Waals surface area contributed by atoms with Crippen molar-refractivity contribution in [3.63, 3.8) is 0 Å². The van der Waals surface area contributed by atoms with Gasteiger partial charge in [0.2, 0.25) is 0 Å². The van der Waals surface area contributed by atoms with E-state index in [1.54, 1.807) is 7.11 Å². The molecule has 14 heavy (non-hydrogen) atoms. The Balaban J connectivity index is 3.85. The summed E-state index contributed by atoms with van der Waals surface area (Å²) in [4.78, 5) is 0. The molecule has 0 aliphatic heterocycles. The van der Waals surface area contributed by atoms with Gasteiger partial charge in [0.25, 0.3) is 0 Å². The second-order valence-electron chi connectivity index (χ2n) is 4.99. The highest BCUT2D eigenvalue weighted by atomic mass is 28.3. The van der Waals surface area contributed by atoms with Crippen molar-refractivity contribution < 1.29 is 4.74 Å². The summed E-state index contributed by atoms with van der Waals surface area (Å²) in [6, 6.07) is 0. The smallest absolute Gasteiger partial charge is 0.0877 e. The lowest BCUT2D eigenvalue weighted by molar-refractivity contribution is 0.274. The molecule has 0 atom stereocenters. The molecule has 2 heteroatoms. The molecule has 0 heterocycles. The van der Waals surface area contributed by atoms with Crippen molar-refractivity contribution in [2.75, 3.05) is 7.11 Å². The van der Waals surface area contributed by atoms with Gasteiger partial charge in [-0.15, -0.1) is 0 Å². The largest absolute Gasteiger partial charge is 0.502 e. The van der Waals surface area contributed by atoms with E-state index in [1.165, 1.54) is 31.4 Å². The zero-order valence-corrected chi connectivity index (χ0v) is 11.5. The van der Waals surface area contributed by atoms with Crippen molar-refractivity contribution in [2.24, 2.45) is 0 Å². The van der Waals surface area contributed by atoms with Gasteiger partial charge in [0.15, 0.2) is 0 Å². The van der Waals surface area contributed by atoms with Crippen molar-refractivity contribution in [1.82, 2.24) is 0 Å². The number of hydrogen-bond donors (Lipinski definition) is 0. The van der Waals surface area contributed by atoms with Crippen LogP contribution >= 0.6 is 0 Å². The van der Waals surface area contributed by atoms with Crippen molar-refractivity contribution in [1.29, 1.82) is 0 Å². The van der Waals surface area contributed by atoms with Gasteiger partial charge in [-0.1, -0.05) is 51.5 Å². The topological polar surface area (TPSA) is 9.23 Å². The predicted molar refractivity (Wildman–Crippen MR) is 67.2 cm³/mol. The van der Waals surface area contributed by atoms with Gasteiger partial charge < -0.3 is 4.74 Å². The molecule has 0 bridgehead atoms. The van der Waals surface area contributed by atoms with Crippen LogP contribution in [-0.2, 0) is 4.74 Å². The number of methoxy groups -OCH3 is 1. The molecule has 0 aliphatic carbocycles. The maximum atomic E-state index is 5.40. The van der Waals surface area contributed by atoms with Crippen LogP contribution in [0.3, 0.4) is 0 Å². The molecule has 0 amide bonds. The Morgan fingerprint density at radius 3 is 2.21 bits per heavy atom. The number of hydrogen-bond acceptors (Lipinski definition) is 1. The highest BCUT2D eigenvalue weighted by Crippen LogP contribution is 2.14. The summed E-state index contributed by atoms with van der Waals surface area (Å²) >= 11 is 0. The van der Waals surface area contributed by atoms with Crippen LogP contribution in [0.5, 0.6) is 0 Å². The average molecular weight is 214 g/mol. The summed E-state index contributed by atoms with van der Waals surface area (Å²) in [6.45, 7) is 9.28. The predicted octanol–water partition coefficient (Wildman–Crippen LogP) is 4.36. The van der Waals surface area contributed by atoms with Gasteiger partial charge in [0, 0.05) is 6.42 Å². The van der Waals surface area contributed by atoms with Crippen LogP contribution in [0.15, 0.2) is 11.5 Å². The highest BCUT2D eigenvalue weighted by molar-refractivity contribution is 6.81. The van der Waals surface area contributed by atoms with Gasteiger partial charge in [0.1, 0.15) is 0 Å². The normalized spacial score (nSPS) is 13.1. The molecule has 0 rings (SSSR count). The molecule has 0 N–H and O–H groups in total. The summed E-state index contributed by atoms with van der Waals surface area (Å²) in [5.41, 5.74) is 2.37. The van der Waals surface area contributed by atoms with Crippen molar-refractivity contribution in [3.8, 4) is 0 Å². The van der Waals surface area contributed by atoms with Gasteiger partial charge >= 0.3 is 0 Å². The lowest BCUT2D eigenvalue weighted by Gasteiger charge is -2.13. The Kier molecular flexibility index (Phi) is 6.98. The summed E-state index contributed by atoms with van der Waals surface area (Å²) in [5.74, 6) is 1.21. The van der Waals surface area contributed by atoms with Crippen molar-refractivity contribution in [3.05, 3.63) is 11.5 Å². The molecule has 0 aromatic carbocycles. The van der Waals surface area contributed by atoms with Crippen LogP contribution < -0.4 is 0 Å². The molecule has 0 fully saturated rings. The number of ether oxygens (including phenoxy) is 1. The van der Waals surface area contributed by atoms with Crippen molar-refractivity contribution >= 4 is 8.07 Å². The lowest BCUT2D eigenvalue weighted by Crippen LogP contribution is -2.17. The molecular formula is C12H26OSi. The molecule has 0 aromatic heterocycles. The Morgan fingerprint density at radius 1 is 1.14 bits per heavy atom. The highest BCUT2D eigenvalue weighted by Gasteiger charge is 2.11. The van der Waals surface area contributed by atoms with Gasteiger partial charge in [-0.05, 0) is 6.42 Å². The summed E-state index contributed by atoms with van der Waals surface area (Å²) in [7, 11) is 0.701. The first-order valence-corrected chi connectivity index (χ1v) is 9.33. The fraction of sp³-hybridized carbons (Fsp3) is 0.833. The standard InChI is InChI=1S/C12H26OSi/c1-6-7-8-9-10-12(13-2)11-14(3,4)5/h11H,6-10H2,1-5H3/b12-11+. The first-order valence-electron chi connectivity index (χ1n) is 5.75. The van der Waals surface area contributed by atoms with Crippen LogP contribution in [0.25, 0.3) is 0 Å². The minimum Gasteiger partial charge on any atom is -0.502 e. The summed E-state index contributed by atoms with van der Waals surface area (Å²) in [5, 5.41) is 0. The van der Waals surface area contributed by atoms with E-state index in [4.69, 9.17) is 4.74 Å². The Bertz CT molecular complexity index is 168. The Labute approximate surface area is 90.6 Å². The molecule has 0 unspecified atom stereocenters. The van der Waals surface area contributed by atoms with Gasteiger partial charge in [0.05, 0.1) is 20.9 Å². The molecule has 0 radical (unpaired) electrons. The molecule has 0 aromatic rings. The summed E-state index contributed by atoms with van der Waals surface area (Å²) < 4.78 is 5.40. The van der Waals surface area contributed by atoms with E-state index in [9.17, 15) is 0 Å². The number of unbranched alkanes of at least 4 members (excludes halogenated alkanes) is 3. The van der Waals surface area contributed by atoms with E-state index >= 15 is 0 Å². The molecule has 84 valence electrons. The fourth-order valence-corrected chi connectivity index (χ4v) is 2.67. The van der Waals surface area contributed by atoms with Crippen LogP contribution in [0.1, 0.15) is 39.0 Å². The minimum atomic E-state index is -1.10. The van der Waals surface area contributed by atoms with E-state index in [1.807, 2.05) is 0 Å². The van der Waals surface area contributed by atoms with Crippen LogP contribution in [0, 0.1) is 0 Å². The van der Waals surface area contributed by atoms with Crippen LogP contribution in [0.4, 0.5) is 0 Å². The number of allylic oxidation sites excluding steroid dienone is 1. The second-order valence-corrected chi connectivity index (χ2v) is 10.0. The monoisotopic (exact) mass is 214 g/mol. The maximum absolute atomic E-state index is 5.40. The maximum Gasteiger partial charge on any atom is 0.0877 e. The first-order chi connectivity index (χ1) is 6.49. The third-order valence-corrected chi connectivity index (χ3v) is 3.32. The average Bonchev–Trinajstić information content (AvgIpc) is 2.08. The molecule has 1 nitrogen and oxygen atoms in total. The fourth-order valence-electron chi connectivity index (χ4n) is 1.44. The SMILES string of the molecule is CCCCCC/C(=C\[Si](C)(C)C)OC. The van der Waals surface area contributed by atoms with E-state index in [-0.39, 0.29) is 0 Å². The van der Waals surface area contributed by atoms with E-state index in [2.05, 4.69) is 32.3 Å². The molecule has 0 aliphatic rings. The van der Waals surface area contributed by atoms with Crippen LogP contribution in [-0.4, -0.2) is 15.2 Å². The zero-order chi connectivity index (χ0) is 11.0. The number of rotatable bonds is 7. The van der Waals surface area contributed by atoms with E-state index in [0.29, 0.717) is 0 Å². The molecular weight excluding hydrogens is 188 g/mol. The third-order valence-electron chi connectivity index (χ3n) is 2.13. The lowest BCUT2D eigenvalue weighted by atomic mass is 10.1. The van der Waals surface area contributed by atoms with Crippen molar-refractivity contribution in [2.45, 2.75) is 58.7 Å². The first kappa shape index (κ1) is 13.8. The quantitative estimate of drug-likeness (QED) is 0.347. The second kappa shape index (κ2) is 7.10. The van der Waals surface area contributed by atoms with Crippen LogP contribution in [0.2, 0.25) is 19.6 Å². The molecule has 0 spiro atoms. The zero-order valence-electron chi connectivity index (χ0n) is 10.5. The van der Waals surface area contributed by atoms with Gasteiger partial charge in [-0.25, -0.2) is 0 Å². The minimum absolute atomic E-state index is 1.10. The Morgan fingerprint density at radius 2 is 1.79 bits per heavy atom. The molecule has 0 saturated heterocycles. The van der Waals surface area contributed by atoms with Gasteiger partial charge in [-0.3, -0.25) is 0 Å².